The second-order valence-electron chi connectivity index (χ2n) is 17.4. The van der Waals surface area contributed by atoms with E-state index in [-0.39, 0.29) is 11.8 Å². The third-order valence-electron chi connectivity index (χ3n) is 14.2. The molecule has 1 spiro atoms. The molecule has 0 aliphatic heterocycles. The highest BCUT2D eigenvalue weighted by Crippen LogP contribution is 2.68. The molecule has 0 fully saturated rings. The third-order valence-corrected chi connectivity index (χ3v) is 14.2. The van der Waals surface area contributed by atoms with Gasteiger partial charge in [0.05, 0.1) is 11.1 Å². The minimum Gasteiger partial charge on any atom is -0.455 e. The number of anilines is 3. The van der Waals surface area contributed by atoms with Crippen molar-refractivity contribution in [3.8, 4) is 22.3 Å². The molecule has 2 heteroatoms. The van der Waals surface area contributed by atoms with Gasteiger partial charge >= 0.3 is 0 Å². The van der Waals surface area contributed by atoms with Crippen molar-refractivity contribution < 1.29 is 4.42 Å². The lowest BCUT2D eigenvalue weighted by Gasteiger charge is -2.37. The predicted octanol–water partition coefficient (Wildman–Crippen LogP) is 16.1. The van der Waals surface area contributed by atoms with Gasteiger partial charge in [-0.2, -0.15) is 0 Å². The summed E-state index contributed by atoms with van der Waals surface area (Å²) in [5.74, 6) is 0.335. The van der Waals surface area contributed by atoms with Crippen molar-refractivity contribution in [1.29, 1.82) is 0 Å². The number of nitrogens with zero attached hydrogens (tertiary/aromatic N) is 1. The van der Waals surface area contributed by atoms with Crippen LogP contribution in [0.2, 0.25) is 0 Å². The van der Waals surface area contributed by atoms with Crippen molar-refractivity contribution >= 4 is 50.1 Å². The summed E-state index contributed by atoms with van der Waals surface area (Å²) in [7, 11) is 0. The molecule has 0 bridgehead atoms. The van der Waals surface area contributed by atoms with E-state index in [0.29, 0.717) is 0 Å². The second-order valence-corrected chi connectivity index (χ2v) is 17.4. The fourth-order valence-corrected chi connectivity index (χ4v) is 11.5. The lowest BCUT2D eigenvalue weighted by atomic mass is 9.64. The first-order valence-electron chi connectivity index (χ1n) is 22.3. The average molecular weight is 806 g/mol. The van der Waals surface area contributed by atoms with E-state index in [1.165, 1.54) is 66.8 Å². The van der Waals surface area contributed by atoms with E-state index < -0.39 is 5.41 Å². The maximum atomic E-state index is 7.10. The Hall–Kier alpha value is -7.68. The number of rotatable bonds is 6. The Labute approximate surface area is 368 Å². The summed E-state index contributed by atoms with van der Waals surface area (Å²) in [5, 5.41) is 2.29. The topological polar surface area (TPSA) is 16.4 Å². The van der Waals surface area contributed by atoms with Crippen molar-refractivity contribution in [1.82, 2.24) is 0 Å². The Balaban J connectivity index is 1.10. The van der Waals surface area contributed by atoms with Crippen molar-refractivity contribution in [3.63, 3.8) is 0 Å². The molecule has 3 unspecified atom stereocenters. The van der Waals surface area contributed by atoms with Crippen LogP contribution >= 0.6 is 0 Å². The van der Waals surface area contributed by atoms with Crippen molar-refractivity contribution in [2.45, 2.75) is 24.2 Å². The molecule has 9 aromatic rings. The summed E-state index contributed by atoms with van der Waals surface area (Å²) in [5.41, 5.74) is 20.0. The minimum atomic E-state index is -0.480. The van der Waals surface area contributed by atoms with Gasteiger partial charge in [-0.05, 0) is 105 Å². The molecular formula is C61H43NO. The van der Waals surface area contributed by atoms with Crippen LogP contribution in [0, 0.1) is 5.92 Å². The van der Waals surface area contributed by atoms with Crippen LogP contribution in [0.1, 0.15) is 52.1 Å². The smallest absolute Gasteiger partial charge is 0.143 e. The zero-order valence-corrected chi connectivity index (χ0v) is 34.8. The molecule has 0 saturated heterocycles. The minimum absolute atomic E-state index is 0.127. The third kappa shape index (κ3) is 5.38. The van der Waals surface area contributed by atoms with E-state index in [1.54, 1.807) is 0 Å². The highest BCUT2D eigenvalue weighted by Gasteiger charge is 2.58. The first-order valence-corrected chi connectivity index (χ1v) is 22.3. The van der Waals surface area contributed by atoms with E-state index in [9.17, 15) is 0 Å². The van der Waals surface area contributed by atoms with Crippen molar-refractivity contribution in [2.75, 3.05) is 4.90 Å². The lowest BCUT2D eigenvalue weighted by molar-refractivity contribution is 0.467. The van der Waals surface area contributed by atoms with Gasteiger partial charge in [0.15, 0.2) is 0 Å². The van der Waals surface area contributed by atoms with Gasteiger partial charge < -0.3 is 9.32 Å². The zero-order chi connectivity index (χ0) is 41.5. The van der Waals surface area contributed by atoms with Gasteiger partial charge in [-0.1, -0.05) is 188 Å². The molecule has 63 heavy (non-hydrogen) atoms. The molecule has 4 aliphatic rings. The number of fused-ring (bicyclic) bond motifs is 14. The van der Waals surface area contributed by atoms with Gasteiger partial charge in [-0.3, -0.25) is 0 Å². The predicted molar refractivity (Wildman–Crippen MR) is 262 cm³/mol. The fourth-order valence-electron chi connectivity index (χ4n) is 11.5. The van der Waals surface area contributed by atoms with Gasteiger partial charge in [0.1, 0.15) is 11.2 Å². The zero-order valence-electron chi connectivity index (χ0n) is 34.8. The SMILES string of the molecule is C1=CC(c2ccc(N(c3ccc(-c4ccccc4)cc3)c3cccc4c3-c3c(ccc5c3oc3ccccc35)C43c4ccccc4C4C=CC(c5ccccc5)=CC43)cc2)=CCC1. The molecule has 13 rings (SSSR count). The van der Waals surface area contributed by atoms with Gasteiger partial charge in [-0.25, -0.2) is 0 Å². The van der Waals surface area contributed by atoms with Gasteiger partial charge in [0.25, 0.3) is 0 Å². The first kappa shape index (κ1) is 36.0. The number of hydrogen-bond acceptors (Lipinski definition) is 2. The molecule has 4 aliphatic carbocycles. The molecule has 0 amide bonds. The Morgan fingerprint density at radius 2 is 1.13 bits per heavy atom. The number of benzene rings is 8. The molecule has 1 aromatic heterocycles. The van der Waals surface area contributed by atoms with E-state index in [0.717, 1.165) is 51.8 Å². The number of furan rings is 1. The van der Waals surface area contributed by atoms with Crippen LogP contribution in [0.25, 0.3) is 55.3 Å². The first-order chi connectivity index (χ1) is 31.3. The summed E-state index contributed by atoms with van der Waals surface area (Å²) in [6.07, 6.45) is 16.5. The molecule has 0 radical (unpaired) electrons. The Kier molecular flexibility index (Phi) is 8.11. The number of para-hydroxylation sites is 1. The maximum Gasteiger partial charge on any atom is 0.143 e. The molecule has 1 heterocycles. The van der Waals surface area contributed by atoms with Crippen LogP contribution in [-0.4, -0.2) is 0 Å². The summed E-state index contributed by atoms with van der Waals surface area (Å²) in [6.45, 7) is 0. The summed E-state index contributed by atoms with van der Waals surface area (Å²) < 4.78 is 7.10. The highest BCUT2D eigenvalue weighted by molar-refractivity contribution is 6.14. The molecule has 298 valence electrons. The molecule has 0 N–H and O–H groups in total. The van der Waals surface area contributed by atoms with E-state index >= 15 is 0 Å². The fraction of sp³-hybridized carbons (Fsp3) is 0.0820. The summed E-state index contributed by atoms with van der Waals surface area (Å²) in [6, 6.07) is 69.4. The normalized spacial score (nSPS) is 19.1. The molecular weight excluding hydrogens is 763 g/mol. The molecule has 8 aromatic carbocycles. The maximum absolute atomic E-state index is 7.10. The molecule has 3 atom stereocenters. The van der Waals surface area contributed by atoms with Gasteiger partial charge in [0.2, 0.25) is 0 Å². The van der Waals surface area contributed by atoms with Crippen LogP contribution in [-0.2, 0) is 5.41 Å². The van der Waals surface area contributed by atoms with E-state index in [2.05, 4.69) is 229 Å². The van der Waals surface area contributed by atoms with Crippen LogP contribution in [0.15, 0.2) is 229 Å². The quantitative estimate of drug-likeness (QED) is 0.166. The summed E-state index contributed by atoms with van der Waals surface area (Å²) >= 11 is 0. The van der Waals surface area contributed by atoms with E-state index in [4.69, 9.17) is 4.42 Å². The number of allylic oxidation sites excluding steroid dienone is 8. The Morgan fingerprint density at radius 3 is 1.90 bits per heavy atom. The van der Waals surface area contributed by atoms with Gasteiger partial charge in [-0.15, -0.1) is 0 Å². The standard InChI is InChI=1S/C61H43NO/c1-4-15-40(16-5-1)43-27-32-46(33-28-43)62(47-34-29-44(30-35-47)41-17-6-2-7-18-41)56-25-14-24-53-58(56)59-54(38-37-51-50-22-11-13-26-57(50)63-60(51)59)61(53)52-23-12-10-21-48(52)49-36-31-45(39-55(49)61)42-19-8-3-9-20-42/h1,3-6,8-39,49,55H,2,7H2. The van der Waals surface area contributed by atoms with Crippen LogP contribution < -0.4 is 4.90 Å². The van der Waals surface area contributed by atoms with Gasteiger partial charge in [0, 0.05) is 45.1 Å². The van der Waals surface area contributed by atoms with Crippen LogP contribution in [0.3, 0.4) is 0 Å². The van der Waals surface area contributed by atoms with Crippen LogP contribution in [0.4, 0.5) is 17.1 Å². The Bertz CT molecular complexity index is 3380. The molecule has 0 saturated carbocycles. The van der Waals surface area contributed by atoms with Crippen molar-refractivity contribution in [3.05, 3.63) is 258 Å². The second kappa shape index (κ2) is 14.2. The monoisotopic (exact) mass is 805 g/mol. The Morgan fingerprint density at radius 1 is 0.476 bits per heavy atom. The van der Waals surface area contributed by atoms with E-state index in [1.807, 2.05) is 0 Å². The van der Waals surface area contributed by atoms with Crippen LogP contribution in [0.5, 0.6) is 0 Å². The largest absolute Gasteiger partial charge is 0.455 e. The number of hydrogen-bond donors (Lipinski definition) is 0. The molecule has 2 nitrogen and oxygen atoms in total. The lowest BCUT2D eigenvalue weighted by Crippen LogP contribution is -2.33. The van der Waals surface area contributed by atoms with Crippen molar-refractivity contribution in [2.24, 2.45) is 5.92 Å². The summed E-state index contributed by atoms with van der Waals surface area (Å²) in [4.78, 5) is 2.48. The highest BCUT2D eigenvalue weighted by atomic mass is 16.3. The average Bonchev–Trinajstić information content (AvgIpc) is 4.00.